The molecule has 32 heavy (non-hydrogen) atoms. The fourth-order valence-electron chi connectivity index (χ4n) is 3.88. The van der Waals surface area contributed by atoms with E-state index < -0.39 is 0 Å². The molecule has 3 aromatic rings. The van der Waals surface area contributed by atoms with Gasteiger partial charge in [-0.05, 0) is 11.1 Å². The van der Waals surface area contributed by atoms with Crippen LogP contribution in [0.5, 0.6) is 0 Å². The third-order valence-electron chi connectivity index (χ3n) is 5.52. The van der Waals surface area contributed by atoms with Crippen molar-refractivity contribution in [2.45, 2.75) is 25.0 Å². The van der Waals surface area contributed by atoms with Gasteiger partial charge < -0.3 is 9.68 Å². The first-order valence-electron chi connectivity index (χ1n) is 9.96. The van der Waals surface area contributed by atoms with E-state index in [2.05, 4.69) is 10.3 Å². The largest absolute Gasteiger partial charge is 0.387 e. The van der Waals surface area contributed by atoms with Crippen LogP contribution in [-0.4, -0.2) is 11.4 Å². The van der Waals surface area contributed by atoms with E-state index in [0.29, 0.717) is 35.4 Å². The van der Waals surface area contributed by atoms with Crippen molar-refractivity contribution in [3.8, 4) is 0 Å². The molecular weight excluding hydrogens is 490 g/mol. The number of rotatable bonds is 4. The standard InChI is InChI=1S/C24H16Cl4N2O2/c25-21-19(15-11-17(31-29-15)13-7-3-1-4-8-13)22(26)24(28)20(23(21)27)16-12-18(32-30-16)14-9-5-2-6-10-14/h1-10,17-18H,11-12H2/t17-,18+. The molecule has 2 aliphatic rings. The summed E-state index contributed by atoms with van der Waals surface area (Å²) in [7, 11) is 0. The third kappa shape index (κ3) is 3.86. The zero-order valence-electron chi connectivity index (χ0n) is 16.6. The second-order valence-corrected chi connectivity index (χ2v) is 9.01. The molecule has 5 rings (SSSR count). The van der Waals surface area contributed by atoms with Gasteiger partial charge in [0, 0.05) is 24.0 Å². The Hall–Kier alpha value is -2.24. The number of halogens is 4. The van der Waals surface area contributed by atoms with Crippen LogP contribution in [0.1, 0.15) is 47.3 Å². The van der Waals surface area contributed by atoms with Crippen molar-refractivity contribution in [1.29, 1.82) is 0 Å². The summed E-state index contributed by atoms with van der Waals surface area (Å²) >= 11 is 26.7. The maximum Gasteiger partial charge on any atom is 0.158 e. The van der Waals surface area contributed by atoms with Gasteiger partial charge in [0.25, 0.3) is 0 Å². The summed E-state index contributed by atoms with van der Waals surface area (Å²) in [6.07, 6.45) is 0.537. The van der Waals surface area contributed by atoms with Crippen LogP contribution >= 0.6 is 46.4 Å². The smallest absolute Gasteiger partial charge is 0.158 e. The quantitative estimate of drug-likeness (QED) is 0.337. The Kier molecular flexibility index (Phi) is 6.04. The van der Waals surface area contributed by atoms with E-state index in [4.69, 9.17) is 56.1 Å². The average molecular weight is 506 g/mol. The molecule has 4 nitrogen and oxygen atoms in total. The highest BCUT2D eigenvalue weighted by Crippen LogP contribution is 2.46. The SMILES string of the molecule is Clc1c(Cl)c(C2=NO[C@@H](c3ccccc3)C2)c(Cl)c(Cl)c1C1=NO[C@H](c2ccccc2)C1. The molecule has 0 radical (unpaired) electrons. The molecule has 0 saturated heterocycles. The second kappa shape index (κ2) is 8.95. The normalized spacial score (nSPS) is 19.9. The van der Waals surface area contributed by atoms with Crippen LogP contribution in [0.3, 0.4) is 0 Å². The lowest BCUT2D eigenvalue weighted by molar-refractivity contribution is 0.0856. The lowest BCUT2D eigenvalue weighted by atomic mass is 9.96. The summed E-state index contributed by atoms with van der Waals surface area (Å²) < 4.78 is 0. The number of hydrogen-bond acceptors (Lipinski definition) is 4. The summed E-state index contributed by atoms with van der Waals surface area (Å²) in [5.41, 5.74) is 4.16. The van der Waals surface area contributed by atoms with E-state index in [1.54, 1.807) is 0 Å². The van der Waals surface area contributed by atoms with Crippen LogP contribution in [-0.2, 0) is 9.68 Å². The molecule has 3 aromatic carbocycles. The van der Waals surface area contributed by atoms with Crippen LogP contribution in [0, 0.1) is 0 Å². The topological polar surface area (TPSA) is 43.2 Å². The Bertz CT molecular complexity index is 1100. The van der Waals surface area contributed by atoms with Gasteiger partial charge in [0.05, 0.1) is 31.5 Å². The first-order valence-corrected chi connectivity index (χ1v) is 11.5. The average Bonchev–Trinajstić information content (AvgIpc) is 3.50. The molecule has 8 heteroatoms. The molecule has 0 amide bonds. The van der Waals surface area contributed by atoms with Crippen LogP contribution < -0.4 is 0 Å². The Balaban J connectivity index is 1.45. The Morgan fingerprint density at radius 3 is 1.25 bits per heavy atom. The van der Waals surface area contributed by atoms with Crippen LogP contribution in [0.4, 0.5) is 0 Å². The third-order valence-corrected chi connectivity index (χ3v) is 7.23. The summed E-state index contributed by atoms with van der Waals surface area (Å²) in [6.45, 7) is 0. The van der Waals surface area contributed by atoms with Crippen molar-refractivity contribution in [1.82, 2.24) is 0 Å². The monoisotopic (exact) mass is 504 g/mol. The van der Waals surface area contributed by atoms with Crippen molar-refractivity contribution >= 4 is 57.8 Å². The van der Waals surface area contributed by atoms with E-state index >= 15 is 0 Å². The number of nitrogens with zero attached hydrogens (tertiary/aromatic N) is 2. The highest BCUT2D eigenvalue weighted by atomic mass is 35.5. The summed E-state index contributed by atoms with van der Waals surface area (Å²) in [5.74, 6) is 0. The summed E-state index contributed by atoms with van der Waals surface area (Å²) in [5, 5.41) is 9.49. The highest BCUT2D eigenvalue weighted by molar-refractivity contribution is 6.53. The number of hydrogen-bond donors (Lipinski definition) is 0. The van der Waals surface area contributed by atoms with Gasteiger partial charge in [-0.15, -0.1) is 0 Å². The van der Waals surface area contributed by atoms with Crippen molar-refractivity contribution in [3.63, 3.8) is 0 Å². The maximum atomic E-state index is 6.67. The van der Waals surface area contributed by atoms with Crippen LogP contribution in [0.15, 0.2) is 71.0 Å². The Morgan fingerprint density at radius 1 is 0.562 bits per heavy atom. The van der Waals surface area contributed by atoms with Gasteiger partial charge in [0.2, 0.25) is 0 Å². The molecular formula is C24H16Cl4N2O2. The lowest BCUT2D eigenvalue weighted by Gasteiger charge is -2.15. The molecule has 2 heterocycles. The van der Waals surface area contributed by atoms with E-state index in [0.717, 1.165) is 11.1 Å². The predicted molar refractivity (Wildman–Crippen MR) is 129 cm³/mol. The minimum Gasteiger partial charge on any atom is -0.387 e. The van der Waals surface area contributed by atoms with Gasteiger partial charge in [-0.2, -0.15) is 0 Å². The molecule has 0 N–H and O–H groups in total. The van der Waals surface area contributed by atoms with Gasteiger partial charge >= 0.3 is 0 Å². The number of oxime groups is 2. The van der Waals surface area contributed by atoms with Crippen LogP contribution in [0.25, 0.3) is 0 Å². The summed E-state index contributed by atoms with van der Waals surface area (Å²) in [6, 6.07) is 19.6. The van der Waals surface area contributed by atoms with Gasteiger partial charge in [0.15, 0.2) is 12.2 Å². The maximum absolute atomic E-state index is 6.67. The number of benzene rings is 3. The van der Waals surface area contributed by atoms with Gasteiger partial charge in [-0.1, -0.05) is 117 Å². The molecule has 0 fully saturated rings. The van der Waals surface area contributed by atoms with E-state index in [-0.39, 0.29) is 32.3 Å². The van der Waals surface area contributed by atoms with Gasteiger partial charge in [-0.3, -0.25) is 0 Å². The van der Waals surface area contributed by atoms with E-state index in [1.165, 1.54) is 0 Å². The van der Waals surface area contributed by atoms with Gasteiger partial charge in [0.1, 0.15) is 0 Å². The minimum absolute atomic E-state index is 0.227. The minimum atomic E-state index is -0.227. The zero-order chi connectivity index (χ0) is 22.2. The zero-order valence-corrected chi connectivity index (χ0v) is 19.6. The molecule has 0 unspecified atom stereocenters. The molecule has 2 atom stereocenters. The highest BCUT2D eigenvalue weighted by Gasteiger charge is 2.33. The fraction of sp³-hybridized carbons (Fsp3) is 0.167. The van der Waals surface area contributed by atoms with E-state index in [9.17, 15) is 0 Å². The van der Waals surface area contributed by atoms with Crippen molar-refractivity contribution in [3.05, 3.63) is 103 Å². The Labute approximate surface area is 205 Å². The molecule has 0 aromatic heterocycles. The lowest BCUT2D eigenvalue weighted by Crippen LogP contribution is -2.08. The van der Waals surface area contributed by atoms with Crippen LogP contribution in [0.2, 0.25) is 20.1 Å². The first-order chi connectivity index (χ1) is 15.5. The van der Waals surface area contributed by atoms with Crippen molar-refractivity contribution in [2.75, 3.05) is 0 Å². The van der Waals surface area contributed by atoms with Crippen molar-refractivity contribution in [2.24, 2.45) is 10.3 Å². The molecule has 0 spiro atoms. The molecule has 0 bridgehead atoms. The second-order valence-electron chi connectivity index (χ2n) is 7.50. The molecule has 0 aliphatic carbocycles. The predicted octanol–water partition coefficient (Wildman–Crippen LogP) is 8.03. The first kappa shape index (κ1) is 21.6. The fourth-order valence-corrected chi connectivity index (χ4v) is 5.17. The molecule has 2 aliphatic heterocycles. The Morgan fingerprint density at radius 2 is 0.906 bits per heavy atom. The van der Waals surface area contributed by atoms with Crippen molar-refractivity contribution < 1.29 is 9.68 Å². The molecule has 0 saturated carbocycles. The summed E-state index contributed by atoms with van der Waals surface area (Å²) in [4.78, 5) is 11.3. The van der Waals surface area contributed by atoms with E-state index in [1.807, 2.05) is 60.7 Å². The molecule has 162 valence electrons. The van der Waals surface area contributed by atoms with Gasteiger partial charge in [-0.25, -0.2) is 0 Å².